The van der Waals surface area contributed by atoms with Crippen LogP contribution in [-0.4, -0.2) is 47.6 Å². The van der Waals surface area contributed by atoms with Crippen molar-refractivity contribution >= 4 is 11.9 Å². The Kier molecular flexibility index (Phi) is 5.99. The molecule has 1 amide bonds. The van der Waals surface area contributed by atoms with E-state index in [1.165, 1.54) is 0 Å². The molecule has 1 heterocycles. The number of hydrogen-bond acceptors (Lipinski definition) is 3. The Morgan fingerprint density at radius 3 is 2.55 bits per heavy atom. The standard InChI is InChI=1S/C15H28N2O3/c1-11(2)6-8-16-13(18)12(3)17-9-5-7-15(4,10-17)14(19)20/h11-12H,5-10H2,1-4H3,(H,16,18)(H,19,20). The molecule has 116 valence electrons. The Morgan fingerprint density at radius 1 is 1.35 bits per heavy atom. The Morgan fingerprint density at radius 2 is 2.00 bits per heavy atom. The molecule has 0 aromatic rings. The van der Waals surface area contributed by atoms with Gasteiger partial charge in [-0.1, -0.05) is 13.8 Å². The zero-order chi connectivity index (χ0) is 15.3. The topological polar surface area (TPSA) is 69.6 Å². The molecule has 5 heteroatoms. The molecule has 0 aliphatic carbocycles. The molecule has 1 rings (SSSR count). The van der Waals surface area contributed by atoms with Gasteiger partial charge in [0.25, 0.3) is 0 Å². The Hall–Kier alpha value is -1.10. The normalized spacial score (nSPS) is 25.4. The average Bonchev–Trinajstić information content (AvgIpc) is 2.37. The van der Waals surface area contributed by atoms with E-state index in [1.807, 2.05) is 11.8 Å². The Labute approximate surface area is 121 Å². The van der Waals surface area contributed by atoms with Crippen LogP contribution in [0.5, 0.6) is 0 Å². The number of carbonyl (C=O) groups is 2. The summed E-state index contributed by atoms with van der Waals surface area (Å²) in [6.07, 6.45) is 2.47. The molecule has 2 unspecified atom stereocenters. The summed E-state index contributed by atoms with van der Waals surface area (Å²) in [5.41, 5.74) is -0.731. The van der Waals surface area contributed by atoms with Crippen molar-refractivity contribution in [3.05, 3.63) is 0 Å². The summed E-state index contributed by atoms with van der Waals surface area (Å²) in [5.74, 6) is -0.203. The number of nitrogens with one attached hydrogen (secondary N) is 1. The lowest BCUT2D eigenvalue weighted by atomic mass is 9.81. The molecule has 5 nitrogen and oxygen atoms in total. The van der Waals surface area contributed by atoms with Gasteiger partial charge < -0.3 is 10.4 Å². The van der Waals surface area contributed by atoms with Gasteiger partial charge in [0.15, 0.2) is 0 Å². The van der Waals surface area contributed by atoms with Crippen molar-refractivity contribution in [2.45, 2.75) is 53.0 Å². The van der Waals surface area contributed by atoms with E-state index in [4.69, 9.17) is 0 Å². The van der Waals surface area contributed by atoms with Crippen LogP contribution in [0.15, 0.2) is 0 Å². The second-order valence-electron chi connectivity index (χ2n) is 6.59. The highest BCUT2D eigenvalue weighted by molar-refractivity contribution is 5.81. The lowest BCUT2D eigenvalue weighted by Gasteiger charge is -2.40. The van der Waals surface area contributed by atoms with Crippen LogP contribution >= 0.6 is 0 Å². The lowest BCUT2D eigenvalue weighted by molar-refractivity contribution is -0.152. The first-order valence-electron chi connectivity index (χ1n) is 7.51. The number of rotatable bonds is 6. The number of piperidine rings is 1. The van der Waals surface area contributed by atoms with Gasteiger partial charge >= 0.3 is 5.97 Å². The van der Waals surface area contributed by atoms with Gasteiger partial charge in [-0.3, -0.25) is 14.5 Å². The smallest absolute Gasteiger partial charge is 0.310 e. The van der Waals surface area contributed by atoms with Crippen molar-refractivity contribution in [2.24, 2.45) is 11.3 Å². The van der Waals surface area contributed by atoms with Gasteiger partial charge in [0.1, 0.15) is 0 Å². The number of carbonyl (C=O) groups excluding carboxylic acids is 1. The highest BCUT2D eigenvalue weighted by Gasteiger charge is 2.40. The van der Waals surface area contributed by atoms with Gasteiger partial charge in [-0.05, 0) is 45.6 Å². The summed E-state index contributed by atoms with van der Waals surface area (Å²) < 4.78 is 0. The first-order chi connectivity index (χ1) is 9.26. The summed E-state index contributed by atoms with van der Waals surface area (Å²) in [7, 11) is 0. The maximum atomic E-state index is 12.1. The predicted molar refractivity (Wildman–Crippen MR) is 78.5 cm³/mol. The molecule has 0 saturated carbocycles. The predicted octanol–water partition coefficient (Wildman–Crippen LogP) is 1.72. The van der Waals surface area contributed by atoms with Crippen molar-refractivity contribution in [3.63, 3.8) is 0 Å². The van der Waals surface area contributed by atoms with Gasteiger partial charge in [0.05, 0.1) is 11.5 Å². The van der Waals surface area contributed by atoms with E-state index < -0.39 is 11.4 Å². The molecule has 2 atom stereocenters. The summed E-state index contributed by atoms with van der Waals surface area (Å²) in [5, 5.41) is 12.3. The van der Waals surface area contributed by atoms with Crippen molar-refractivity contribution in [1.82, 2.24) is 10.2 Å². The zero-order valence-corrected chi connectivity index (χ0v) is 13.1. The van der Waals surface area contributed by atoms with Crippen LogP contribution in [0.4, 0.5) is 0 Å². The van der Waals surface area contributed by atoms with E-state index in [2.05, 4.69) is 19.2 Å². The third-order valence-electron chi connectivity index (χ3n) is 4.19. The van der Waals surface area contributed by atoms with Crippen LogP contribution in [-0.2, 0) is 9.59 Å². The van der Waals surface area contributed by atoms with Crippen LogP contribution in [0.2, 0.25) is 0 Å². The Bertz CT molecular complexity index is 357. The van der Waals surface area contributed by atoms with Gasteiger partial charge in [-0.25, -0.2) is 0 Å². The number of carboxylic acids is 1. The van der Waals surface area contributed by atoms with Gasteiger partial charge in [0.2, 0.25) is 5.91 Å². The van der Waals surface area contributed by atoms with Gasteiger partial charge in [0, 0.05) is 13.1 Å². The van der Waals surface area contributed by atoms with E-state index in [-0.39, 0.29) is 11.9 Å². The summed E-state index contributed by atoms with van der Waals surface area (Å²) >= 11 is 0. The van der Waals surface area contributed by atoms with E-state index in [0.29, 0.717) is 25.4 Å². The number of aliphatic carboxylic acids is 1. The lowest BCUT2D eigenvalue weighted by Crippen LogP contribution is -2.53. The van der Waals surface area contributed by atoms with Crippen LogP contribution in [0.25, 0.3) is 0 Å². The van der Waals surface area contributed by atoms with Crippen LogP contribution in [0.1, 0.15) is 47.0 Å². The largest absolute Gasteiger partial charge is 0.481 e. The van der Waals surface area contributed by atoms with Crippen LogP contribution in [0, 0.1) is 11.3 Å². The summed E-state index contributed by atoms with van der Waals surface area (Å²) in [4.78, 5) is 25.4. The number of likely N-dealkylation sites (tertiary alicyclic amines) is 1. The van der Waals surface area contributed by atoms with E-state index in [1.54, 1.807) is 6.92 Å². The molecule has 20 heavy (non-hydrogen) atoms. The molecular weight excluding hydrogens is 256 g/mol. The number of hydrogen-bond donors (Lipinski definition) is 2. The average molecular weight is 284 g/mol. The fourth-order valence-corrected chi connectivity index (χ4v) is 2.58. The van der Waals surface area contributed by atoms with E-state index in [0.717, 1.165) is 19.4 Å². The molecule has 1 aliphatic heterocycles. The SMILES string of the molecule is CC(C)CCNC(=O)C(C)N1CCCC(C)(C(=O)O)C1. The highest BCUT2D eigenvalue weighted by atomic mass is 16.4. The molecule has 0 radical (unpaired) electrons. The second kappa shape index (κ2) is 7.07. The minimum atomic E-state index is -0.769. The Balaban J connectivity index is 2.51. The number of amides is 1. The molecule has 0 spiro atoms. The third-order valence-corrected chi connectivity index (χ3v) is 4.19. The van der Waals surface area contributed by atoms with Crippen LogP contribution in [0.3, 0.4) is 0 Å². The molecule has 0 bridgehead atoms. The van der Waals surface area contributed by atoms with Crippen molar-refractivity contribution < 1.29 is 14.7 Å². The maximum Gasteiger partial charge on any atom is 0.310 e. The second-order valence-corrected chi connectivity index (χ2v) is 6.59. The summed E-state index contributed by atoms with van der Waals surface area (Å²) in [6, 6.07) is -0.263. The number of carboxylic acid groups (broad SMARTS) is 1. The zero-order valence-electron chi connectivity index (χ0n) is 13.1. The highest BCUT2D eigenvalue weighted by Crippen LogP contribution is 2.30. The van der Waals surface area contributed by atoms with E-state index >= 15 is 0 Å². The molecular formula is C15H28N2O3. The quantitative estimate of drug-likeness (QED) is 0.779. The fraction of sp³-hybridized carbons (Fsp3) is 0.867. The maximum absolute atomic E-state index is 12.1. The minimum Gasteiger partial charge on any atom is -0.481 e. The molecule has 1 aliphatic rings. The van der Waals surface area contributed by atoms with Crippen molar-refractivity contribution in [3.8, 4) is 0 Å². The fourth-order valence-electron chi connectivity index (χ4n) is 2.58. The third kappa shape index (κ3) is 4.47. The molecule has 2 N–H and O–H groups in total. The summed E-state index contributed by atoms with van der Waals surface area (Å²) in [6.45, 7) is 9.80. The minimum absolute atomic E-state index is 0.000267. The first kappa shape index (κ1) is 17.0. The first-order valence-corrected chi connectivity index (χ1v) is 7.51. The van der Waals surface area contributed by atoms with E-state index in [9.17, 15) is 14.7 Å². The molecule has 0 aromatic carbocycles. The molecule has 1 saturated heterocycles. The monoisotopic (exact) mass is 284 g/mol. The number of nitrogens with zero attached hydrogens (tertiary/aromatic N) is 1. The van der Waals surface area contributed by atoms with Crippen LogP contribution < -0.4 is 5.32 Å². The van der Waals surface area contributed by atoms with Gasteiger partial charge in [-0.15, -0.1) is 0 Å². The van der Waals surface area contributed by atoms with Crippen molar-refractivity contribution in [2.75, 3.05) is 19.6 Å². The van der Waals surface area contributed by atoms with Crippen molar-refractivity contribution in [1.29, 1.82) is 0 Å². The van der Waals surface area contributed by atoms with Gasteiger partial charge in [-0.2, -0.15) is 0 Å². The molecule has 1 fully saturated rings. The molecule has 0 aromatic heterocycles.